The van der Waals surface area contributed by atoms with Crippen LogP contribution in [0.1, 0.15) is 44.8 Å². The first-order valence-corrected chi connectivity index (χ1v) is 10.5. The predicted octanol–water partition coefficient (Wildman–Crippen LogP) is 3.28. The van der Waals surface area contributed by atoms with Gasteiger partial charge in [0.15, 0.2) is 0 Å². The molecule has 3 rings (SSSR count). The molecule has 3 aromatic rings. The van der Waals surface area contributed by atoms with E-state index in [9.17, 15) is 0 Å². The van der Waals surface area contributed by atoms with Crippen molar-refractivity contribution >= 4 is 17.3 Å². The molecule has 0 radical (unpaired) electrons. The number of fused-ring (bicyclic) bond motifs is 1. The van der Waals surface area contributed by atoms with Crippen LogP contribution >= 0.6 is 0 Å². The van der Waals surface area contributed by atoms with Crippen LogP contribution in [0.5, 0.6) is 0 Å². The number of aliphatic imine (C=N–C) groups is 1. The van der Waals surface area contributed by atoms with Gasteiger partial charge in [-0.2, -0.15) is 10.2 Å². The minimum atomic E-state index is 0.386. The highest BCUT2D eigenvalue weighted by Gasteiger charge is 2.15. The second-order valence-corrected chi connectivity index (χ2v) is 7.63. The Hall–Kier alpha value is -3.00. The zero-order valence-corrected chi connectivity index (χ0v) is 18.4. The highest BCUT2D eigenvalue weighted by molar-refractivity contribution is 6.09. The van der Waals surface area contributed by atoms with Crippen LogP contribution in [0.25, 0.3) is 22.3 Å². The molecule has 0 atom stereocenters. The topological polar surface area (TPSA) is 89.6 Å². The number of rotatable bonds is 10. The Balaban J connectivity index is 1.92. The van der Waals surface area contributed by atoms with Crippen molar-refractivity contribution in [2.24, 2.45) is 10.7 Å². The predicted molar refractivity (Wildman–Crippen MR) is 123 cm³/mol. The second-order valence-electron chi connectivity index (χ2n) is 7.63. The van der Waals surface area contributed by atoms with Gasteiger partial charge in [0, 0.05) is 36.3 Å². The summed E-state index contributed by atoms with van der Waals surface area (Å²) in [5, 5.41) is 9.00. The standard InChI is InChI=1S/C22H32N8/c1-5-19(6-2)29-15-18(14-26-29)22-21-8-10-25-30(21)16-20(27-22)17(12-23)13-24-9-7-11-28(3)4/h8,10,12-16,19H,5-7,9,11,23H2,1-4H3. The monoisotopic (exact) mass is 408 g/mol. The average Bonchev–Trinajstić information content (AvgIpc) is 3.40. The molecule has 8 heteroatoms. The van der Waals surface area contributed by atoms with E-state index in [0.29, 0.717) is 6.04 Å². The maximum atomic E-state index is 5.91. The van der Waals surface area contributed by atoms with E-state index >= 15 is 0 Å². The second kappa shape index (κ2) is 10.2. The molecule has 3 aromatic heterocycles. The van der Waals surface area contributed by atoms with E-state index in [4.69, 9.17) is 10.7 Å². The van der Waals surface area contributed by atoms with Crippen LogP contribution in [0.2, 0.25) is 0 Å². The Kier molecular flexibility index (Phi) is 7.35. The summed E-state index contributed by atoms with van der Waals surface area (Å²) in [6.07, 6.45) is 14.0. The number of hydrogen-bond donors (Lipinski definition) is 1. The summed E-state index contributed by atoms with van der Waals surface area (Å²) < 4.78 is 3.86. The van der Waals surface area contributed by atoms with Gasteiger partial charge in [0.05, 0.1) is 41.5 Å². The number of nitrogens with zero attached hydrogens (tertiary/aromatic N) is 7. The zero-order chi connectivity index (χ0) is 21.5. The van der Waals surface area contributed by atoms with E-state index in [1.54, 1.807) is 18.6 Å². The molecule has 0 spiro atoms. The summed E-state index contributed by atoms with van der Waals surface area (Å²) >= 11 is 0. The van der Waals surface area contributed by atoms with Crippen molar-refractivity contribution < 1.29 is 0 Å². The van der Waals surface area contributed by atoms with E-state index in [0.717, 1.165) is 60.4 Å². The lowest BCUT2D eigenvalue weighted by Gasteiger charge is -2.12. The van der Waals surface area contributed by atoms with Gasteiger partial charge in [-0.25, -0.2) is 9.50 Å². The minimum absolute atomic E-state index is 0.386. The third-order valence-electron chi connectivity index (χ3n) is 5.18. The average molecular weight is 409 g/mol. The van der Waals surface area contributed by atoms with Crippen LogP contribution in [-0.2, 0) is 0 Å². The van der Waals surface area contributed by atoms with Crippen molar-refractivity contribution in [1.82, 2.24) is 29.3 Å². The lowest BCUT2D eigenvalue weighted by Crippen LogP contribution is -2.13. The van der Waals surface area contributed by atoms with Gasteiger partial charge in [0.2, 0.25) is 0 Å². The van der Waals surface area contributed by atoms with Crippen molar-refractivity contribution in [3.63, 3.8) is 0 Å². The van der Waals surface area contributed by atoms with Crippen molar-refractivity contribution in [3.05, 3.63) is 42.7 Å². The summed E-state index contributed by atoms with van der Waals surface area (Å²) in [4.78, 5) is 11.6. The summed E-state index contributed by atoms with van der Waals surface area (Å²) in [6.45, 7) is 6.11. The van der Waals surface area contributed by atoms with Crippen molar-refractivity contribution in [2.75, 3.05) is 27.2 Å². The van der Waals surface area contributed by atoms with Crippen LogP contribution in [0.4, 0.5) is 0 Å². The molecule has 0 unspecified atom stereocenters. The summed E-state index contributed by atoms with van der Waals surface area (Å²) in [7, 11) is 4.12. The molecule has 0 bridgehead atoms. The molecule has 160 valence electrons. The zero-order valence-electron chi connectivity index (χ0n) is 18.4. The van der Waals surface area contributed by atoms with E-state index in [1.165, 1.54) is 0 Å². The molecule has 0 aliphatic rings. The van der Waals surface area contributed by atoms with Gasteiger partial charge in [-0.3, -0.25) is 9.67 Å². The van der Waals surface area contributed by atoms with Gasteiger partial charge in [-0.1, -0.05) is 13.8 Å². The molecule has 3 heterocycles. The third-order valence-corrected chi connectivity index (χ3v) is 5.18. The molecular formula is C22H32N8. The van der Waals surface area contributed by atoms with Gasteiger partial charge in [-0.05, 0) is 46.0 Å². The highest BCUT2D eigenvalue weighted by Crippen LogP contribution is 2.26. The molecule has 30 heavy (non-hydrogen) atoms. The van der Waals surface area contributed by atoms with E-state index < -0.39 is 0 Å². The Bertz CT molecular complexity index is 1010. The molecule has 0 saturated heterocycles. The lowest BCUT2D eigenvalue weighted by molar-refractivity contribution is 0.403. The Morgan fingerprint density at radius 1 is 1.23 bits per heavy atom. The van der Waals surface area contributed by atoms with Crippen LogP contribution in [-0.4, -0.2) is 62.7 Å². The molecule has 0 amide bonds. The van der Waals surface area contributed by atoms with Crippen molar-refractivity contribution in [3.8, 4) is 11.3 Å². The normalized spacial score (nSPS) is 12.8. The molecule has 0 aliphatic heterocycles. The largest absolute Gasteiger partial charge is 0.404 e. The quantitative estimate of drug-likeness (QED) is 0.411. The van der Waals surface area contributed by atoms with Crippen molar-refractivity contribution in [2.45, 2.75) is 39.2 Å². The third kappa shape index (κ3) is 4.94. The SMILES string of the molecule is CCC(CC)n1cc(-c2nc(C(C=NCCCN(C)C)=CN)cn3nccc23)cn1. The molecule has 0 aliphatic carbocycles. The fourth-order valence-corrected chi connectivity index (χ4v) is 3.44. The van der Waals surface area contributed by atoms with E-state index in [-0.39, 0.29) is 0 Å². The smallest absolute Gasteiger partial charge is 0.0999 e. The van der Waals surface area contributed by atoms with E-state index in [1.807, 2.05) is 27.7 Å². The lowest BCUT2D eigenvalue weighted by atomic mass is 10.1. The first-order chi connectivity index (χ1) is 14.6. The fourth-order valence-electron chi connectivity index (χ4n) is 3.44. The molecule has 2 N–H and O–H groups in total. The number of aromatic nitrogens is 5. The maximum Gasteiger partial charge on any atom is 0.0999 e. The molecular weight excluding hydrogens is 376 g/mol. The minimum Gasteiger partial charge on any atom is -0.404 e. The van der Waals surface area contributed by atoms with Crippen LogP contribution in [0.3, 0.4) is 0 Å². The van der Waals surface area contributed by atoms with Gasteiger partial charge in [0.1, 0.15) is 0 Å². The summed E-state index contributed by atoms with van der Waals surface area (Å²) in [5.74, 6) is 0. The fraction of sp³-hybridized carbons (Fsp3) is 0.455. The molecule has 8 nitrogen and oxygen atoms in total. The first-order valence-electron chi connectivity index (χ1n) is 10.5. The maximum absolute atomic E-state index is 5.91. The highest BCUT2D eigenvalue weighted by atomic mass is 15.3. The van der Waals surface area contributed by atoms with Crippen molar-refractivity contribution in [1.29, 1.82) is 0 Å². The van der Waals surface area contributed by atoms with Crippen LogP contribution in [0.15, 0.2) is 42.0 Å². The molecule has 0 saturated carbocycles. The van der Waals surface area contributed by atoms with Gasteiger partial charge >= 0.3 is 0 Å². The Morgan fingerprint density at radius 3 is 2.73 bits per heavy atom. The summed E-state index contributed by atoms with van der Waals surface area (Å²) in [6, 6.07) is 2.35. The number of allylic oxidation sites excluding steroid dienone is 1. The molecule has 0 aromatic carbocycles. The van der Waals surface area contributed by atoms with E-state index in [2.05, 4.69) is 54.2 Å². The molecule has 0 fully saturated rings. The Morgan fingerprint density at radius 2 is 2.03 bits per heavy atom. The van der Waals surface area contributed by atoms with Crippen LogP contribution < -0.4 is 5.73 Å². The summed E-state index contributed by atoms with van der Waals surface area (Å²) in [5.41, 5.74) is 10.1. The Labute approximate surface area is 178 Å². The van der Waals surface area contributed by atoms with Crippen LogP contribution in [0, 0.1) is 0 Å². The van der Waals surface area contributed by atoms with Gasteiger partial charge in [0.25, 0.3) is 0 Å². The number of nitrogens with two attached hydrogens (primary N) is 1. The van der Waals surface area contributed by atoms with Gasteiger partial charge < -0.3 is 10.6 Å². The van der Waals surface area contributed by atoms with Gasteiger partial charge in [-0.15, -0.1) is 0 Å². The number of hydrogen-bond acceptors (Lipinski definition) is 6. The first kappa shape index (κ1) is 21.7.